The predicted molar refractivity (Wildman–Crippen MR) is 70.6 cm³/mol. The van der Waals surface area contributed by atoms with Crippen LogP contribution in [-0.2, 0) is 4.79 Å². The number of hydrogen-bond donors (Lipinski definition) is 1. The monoisotopic (exact) mass is 248 g/mol. The zero-order chi connectivity index (χ0) is 13.5. The number of rotatable bonds is 7. The van der Waals surface area contributed by atoms with Gasteiger partial charge in [-0.05, 0) is 18.8 Å². The van der Waals surface area contributed by atoms with E-state index in [0.717, 1.165) is 0 Å². The van der Waals surface area contributed by atoms with Gasteiger partial charge in [0, 0.05) is 12.0 Å². The highest BCUT2D eigenvalue weighted by Gasteiger charge is 2.20. The van der Waals surface area contributed by atoms with Crippen LogP contribution in [0.25, 0.3) is 0 Å². The molecule has 0 aliphatic heterocycles. The molecule has 3 heteroatoms. The van der Waals surface area contributed by atoms with E-state index in [1.165, 1.54) is 0 Å². The molecule has 18 heavy (non-hydrogen) atoms. The van der Waals surface area contributed by atoms with Gasteiger partial charge in [0.25, 0.3) is 0 Å². The van der Waals surface area contributed by atoms with E-state index in [9.17, 15) is 9.59 Å². The summed E-state index contributed by atoms with van der Waals surface area (Å²) in [5.74, 6) is -0.870. The summed E-state index contributed by atoms with van der Waals surface area (Å²) in [5.41, 5.74) is 0.659. The van der Waals surface area contributed by atoms with E-state index < -0.39 is 11.9 Å². The Balaban J connectivity index is 2.52. The van der Waals surface area contributed by atoms with Crippen molar-refractivity contribution < 1.29 is 14.7 Å². The Morgan fingerprint density at radius 1 is 1.17 bits per heavy atom. The summed E-state index contributed by atoms with van der Waals surface area (Å²) in [6, 6.07) is 9.02. The largest absolute Gasteiger partial charge is 0.481 e. The van der Waals surface area contributed by atoms with Crippen LogP contribution in [0.15, 0.2) is 30.3 Å². The van der Waals surface area contributed by atoms with Gasteiger partial charge in [-0.25, -0.2) is 0 Å². The third-order valence-electron chi connectivity index (χ3n) is 2.92. The number of carboxylic acids is 1. The maximum absolute atomic E-state index is 11.9. The lowest BCUT2D eigenvalue weighted by Gasteiger charge is -2.13. The molecule has 0 spiro atoms. The molecule has 1 atom stereocenters. The molecule has 0 saturated heterocycles. The third-order valence-corrected chi connectivity index (χ3v) is 2.92. The van der Waals surface area contributed by atoms with Gasteiger partial charge in [0.1, 0.15) is 0 Å². The fraction of sp³-hybridized carbons (Fsp3) is 0.467. The molecule has 1 aromatic rings. The van der Waals surface area contributed by atoms with Gasteiger partial charge in [0.05, 0.1) is 5.92 Å². The molecule has 0 bridgehead atoms. The highest BCUT2D eigenvalue weighted by atomic mass is 16.4. The van der Waals surface area contributed by atoms with Crippen LogP contribution in [-0.4, -0.2) is 16.9 Å². The standard InChI is InChI=1S/C15H20O3/c1-11(2)10-13(15(17)18)8-9-14(16)12-6-4-3-5-7-12/h3-7,11,13H,8-10H2,1-2H3,(H,17,18). The lowest BCUT2D eigenvalue weighted by molar-refractivity contribution is -0.142. The van der Waals surface area contributed by atoms with Crippen LogP contribution in [0.4, 0.5) is 0 Å². The molecule has 3 nitrogen and oxygen atoms in total. The third kappa shape index (κ3) is 4.70. The highest BCUT2D eigenvalue weighted by Crippen LogP contribution is 2.19. The molecular formula is C15H20O3. The van der Waals surface area contributed by atoms with Crippen molar-refractivity contribution in [3.63, 3.8) is 0 Å². The summed E-state index contributed by atoms with van der Waals surface area (Å²) in [5, 5.41) is 9.09. The molecule has 0 aromatic heterocycles. The van der Waals surface area contributed by atoms with Crippen LogP contribution < -0.4 is 0 Å². The molecule has 0 fully saturated rings. The van der Waals surface area contributed by atoms with E-state index in [2.05, 4.69) is 0 Å². The second-order valence-corrected chi connectivity index (χ2v) is 4.99. The molecule has 1 aromatic carbocycles. The van der Waals surface area contributed by atoms with Gasteiger partial charge in [0.15, 0.2) is 5.78 Å². The van der Waals surface area contributed by atoms with Crippen molar-refractivity contribution in [1.82, 2.24) is 0 Å². The number of carbonyl (C=O) groups is 2. The minimum Gasteiger partial charge on any atom is -0.481 e. The van der Waals surface area contributed by atoms with E-state index >= 15 is 0 Å². The van der Waals surface area contributed by atoms with Crippen molar-refractivity contribution in [2.45, 2.75) is 33.1 Å². The molecule has 0 amide bonds. The first-order chi connectivity index (χ1) is 8.50. The van der Waals surface area contributed by atoms with E-state index in [0.29, 0.717) is 30.7 Å². The summed E-state index contributed by atoms with van der Waals surface area (Å²) in [6.07, 6.45) is 1.34. The second kappa shape index (κ2) is 6.94. The normalized spacial score (nSPS) is 12.4. The zero-order valence-corrected chi connectivity index (χ0v) is 10.9. The van der Waals surface area contributed by atoms with Crippen molar-refractivity contribution >= 4 is 11.8 Å². The molecule has 1 N–H and O–H groups in total. The second-order valence-electron chi connectivity index (χ2n) is 4.99. The Kier molecular flexibility index (Phi) is 5.56. The minimum absolute atomic E-state index is 0.0191. The maximum atomic E-state index is 11.9. The van der Waals surface area contributed by atoms with Crippen molar-refractivity contribution in [3.05, 3.63) is 35.9 Å². The maximum Gasteiger partial charge on any atom is 0.306 e. The van der Waals surface area contributed by atoms with Gasteiger partial charge in [-0.3, -0.25) is 9.59 Å². The minimum atomic E-state index is -0.801. The molecule has 0 aliphatic carbocycles. The zero-order valence-electron chi connectivity index (χ0n) is 10.9. The van der Waals surface area contributed by atoms with Crippen LogP contribution in [0.3, 0.4) is 0 Å². The molecule has 1 rings (SSSR count). The van der Waals surface area contributed by atoms with E-state index in [4.69, 9.17) is 5.11 Å². The fourth-order valence-corrected chi connectivity index (χ4v) is 1.98. The van der Waals surface area contributed by atoms with Crippen molar-refractivity contribution in [1.29, 1.82) is 0 Å². The van der Waals surface area contributed by atoms with Gasteiger partial charge in [-0.15, -0.1) is 0 Å². The number of carboxylic acid groups (broad SMARTS) is 1. The van der Waals surface area contributed by atoms with E-state index in [1.807, 2.05) is 32.0 Å². The van der Waals surface area contributed by atoms with Gasteiger partial charge >= 0.3 is 5.97 Å². The first kappa shape index (κ1) is 14.4. The fourth-order valence-electron chi connectivity index (χ4n) is 1.98. The Bertz CT molecular complexity index is 395. The van der Waals surface area contributed by atoms with E-state index in [1.54, 1.807) is 12.1 Å². The van der Waals surface area contributed by atoms with Crippen molar-refractivity contribution in [2.75, 3.05) is 0 Å². The molecule has 0 radical (unpaired) electrons. The number of ketones is 1. The summed E-state index contributed by atoms with van der Waals surface area (Å²) in [6.45, 7) is 3.99. The summed E-state index contributed by atoms with van der Waals surface area (Å²) in [7, 11) is 0. The van der Waals surface area contributed by atoms with Gasteiger partial charge < -0.3 is 5.11 Å². The molecule has 98 valence electrons. The number of aliphatic carboxylic acids is 1. The van der Waals surface area contributed by atoms with E-state index in [-0.39, 0.29) is 5.78 Å². The van der Waals surface area contributed by atoms with Crippen LogP contribution in [0.5, 0.6) is 0 Å². The topological polar surface area (TPSA) is 54.4 Å². The van der Waals surface area contributed by atoms with Gasteiger partial charge in [0.2, 0.25) is 0 Å². The Morgan fingerprint density at radius 3 is 2.28 bits per heavy atom. The smallest absolute Gasteiger partial charge is 0.306 e. The number of hydrogen-bond acceptors (Lipinski definition) is 2. The molecule has 0 heterocycles. The SMILES string of the molecule is CC(C)CC(CCC(=O)c1ccccc1)C(=O)O. The lowest BCUT2D eigenvalue weighted by Crippen LogP contribution is -2.17. The quantitative estimate of drug-likeness (QED) is 0.752. The van der Waals surface area contributed by atoms with Crippen LogP contribution in [0.2, 0.25) is 0 Å². The molecule has 0 saturated carbocycles. The molecular weight excluding hydrogens is 228 g/mol. The Labute approximate surface area is 108 Å². The first-order valence-corrected chi connectivity index (χ1v) is 6.31. The lowest BCUT2D eigenvalue weighted by atomic mass is 9.91. The van der Waals surface area contributed by atoms with Gasteiger partial charge in [-0.1, -0.05) is 44.2 Å². The van der Waals surface area contributed by atoms with Crippen molar-refractivity contribution in [2.24, 2.45) is 11.8 Å². The number of benzene rings is 1. The molecule has 1 unspecified atom stereocenters. The van der Waals surface area contributed by atoms with Gasteiger partial charge in [-0.2, -0.15) is 0 Å². The number of carbonyl (C=O) groups excluding carboxylic acids is 1. The van der Waals surface area contributed by atoms with Crippen LogP contribution in [0.1, 0.15) is 43.5 Å². The molecule has 0 aliphatic rings. The Morgan fingerprint density at radius 2 is 1.78 bits per heavy atom. The van der Waals surface area contributed by atoms with Crippen LogP contribution >= 0.6 is 0 Å². The van der Waals surface area contributed by atoms with Crippen LogP contribution in [0, 0.1) is 11.8 Å². The predicted octanol–water partition coefficient (Wildman–Crippen LogP) is 3.40. The average molecular weight is 248 g/mol. The highest BCUT2D eigenvalue weighted by molar-refractivity contribution is 5.96. The van der Waals surface area contributed by atoms with Crippen molar-refractivity contribution in [3.8, 4) is 0 Å². The Hall–Kier alpha value is -1.64. The summed E-state index contributed by atoms with van der Waals surface area (Å²) in [4.78, 5) is 22.9. The summed E-state index contributed by atoms with van der Waals surface area (Å²) < 4.78 is 0. The summed E-state index contributed by atoms with van der Waals surface area (Å²) >= 11 is 0. The average Bonchev–Trinajstić information content (AvgIpc) is 2.34. The first-order valence-electron chi connectivity index (χ1n) is 6.31. The number of Topliss-reactive ketones (excluding diaryl/α,β-unsaturated/α-hetero) is 1.